The van der Waals surface area contributed by atoms with Gasteiger partial charge in [0.1, 0.15) is 10.8 Å². The molecule has 4 rings (SSSR count). The zero-order chi connectivity index (χ0) is 21.6. The summed E-state index contributed by atoms with van der Waals surface area (Å²) in [5.74, 6) is -0.750. The predicted octanol–water partition coefficient (Wildman–Crippen LogP) is 3.72. The van der Waals surface area contributed by atoms with E-state index in [2.05, 4.69) is 24.5 Å². The number of nitrogens with zero attached hydrogens (tertiary/aromatic N) is 1. The summed E-state index contributed by atoms with van der Waals surface area (Å²) in [5, 5.41) is 6.54. The van der Waals surface area contributed by atoms with Crippen LogP contribution in [0.2, 0.25) is 0 Å². The second kappa shape index (κ2) is 8.08. The maximum absolute atomic E-state index is 14.5. The number of thiophene rings is 1. The third-order valence-electron chi connectivity index (χ3n) is 5.50. The number of nitrogens with one attached hydrogen (secondary N) is 2. The van der Waals surface area contributed by atoms with Gasteiger partial charge in [-0.2, -0.15) is 0 Å². The maximum atomic E-state index is 14.5. The van der Waals surface area contributed by atoms with Crippen molar-refractivity contribution in [2.75, 3.05) is 25.0 Å². The Morgan fingerprint density at radius 2 is 2.20 bits per heavy atom. The minimum atomic E-state index is -0.406. The molecular weight excluding hydrogens is 518 g/mol. The number of carbonyl (C=O) groups is 2. The number of likely N-dealkylation sites (tertiary alicyclic amines) is 1. The first-order valence-corrected chi connectivity index (χ1v) is 11.7. The highest BCUT2D eigenvalue weighted by molar-refractivity contribution is 14.1. The van der Waals surface area contributed by atoms with Gasteiger partial charge in [-0.15, -0.1) is 11.3 Å². The number of rotatable bonds is 3. The van der Waals surface area contributed by atoms with Crippen LogP contribution >= 0.6 is 33.9 Å². The summed E-state index contributed by atoms with van der Waals surface area (Å²) < 4.78 is 15.3. The number of halogens is 2. The summed E-state index contributed by atoms with van der Waals surface area (Å²) >= 11 is 3.26. The lowest BCUT2D eigenvalue weighted by molar-refractivity contribution is 0.0790. The third-order valence-corrected chi connectivity index (χ3v) is 7.32. The van der Waals surface area contributed by atoms with E-state index in [1.165, 1.54) is 17.4 Å². The highest BCUT2D eigenvalue weighted by Gasteiger charge is 2.37. The molecule has 2 aromatic rings. The van der Waals surface area contributed by atoms with E-state index in [1.54, 1.807) is 17.0 Å². The molecule has 3 heterocycles. The number of fused-ring (bicyclic) bond motifs is 1. The molecule has 1 aromatic carbocycles. The highest BCUT2D eigenvalue weighted by Crippen LogP contribution is 2.41. The number of anilines is 2. The molecule has 0 radical (unpaired) electrons. The number of hydrogen-bond donors (Lipinski definition) is 3. The molecule has 1 aromatic heterocycles. The molecule has 2 aliphatic rings. The first-order valence-electron chi connectivity index (χ1n) is 9.85. The molecule has 1 saturated heterocycles. The molecule has 6 nitrogen and oxygen atoms in total. The minimum absolute atomic E-state index is 0.0454. The lowest BCUT2D eigenvalue weighted by atomic mass is 9.85. The van der Waals surface area contributed by atoms with Crippen LogP contribution in [0.5, 0.6) is 0 Å². The zero-order valence-corrected chi connectivity index (χ0v) is 19.8. The smallest absolute Gasteiger partial charge is 0.261 e. The van der Waals surface area contributed by atoms with E-state index >= 15 is 0 Å². The van der Waals surface area contributed by atoms with Gasteiger partial charge in [-0.25, -0.2) is 4.39 Å². The van der Waals surface area contributed by atoms with E-state index in [0.717, 1.165) is 15.6 Å². The van der Waals surface area contributed by atoms with Gasteiger partial charge < -0.3 is 21.3 Å². The molecule has 0 aliphatic carbocycles. The van der Waals surface area contributed by atoms with Crippen molar-refractivity contribution in [3.05, 3.63) is 43.6 Å². The second-order valence-corrected chi connectivity index (χ2v) is 11.0. The average molecular weight is 542 g/mol. The SMILES string of the molecule is CC1(C)CNC(=O)c2sc(Nc3ccc(I)cc3F)c(C(=O)N3CC[C@@H](N)C3)c2C1. The van der Waals surface area contributed by atoms with Crippen molar-refractivity contribution < 1.29 is 14.0 Å². The molecule has 9 heteroatoms. The van der Waals surface area contributed by atoms with Crippen LogP contribution in [-0.2, 0) is 6.42 Å². The Labute approximate surface area is 192 Å². The Bertz CT molecular complexity index is 1020. The van der Waals surface area contributed by atoms with Crippen molar-refractivity contribution >= 4 is 56.4 Å². The molecule has 160 valence electrons. The topological polar surface area (TPSA) is 87.5 Å². The van der Waals surface area contributed by atoms with E-state index in [-0.39, 0.29) is 29.0 Å². The minimum Gasteiger partial charge on any atom is -0.351 e. The quantitative estimate of drug-likeness (QED) is 0.517. The lowest BCUT2D eigenvalue weighted by Crippen LogP contribution is -2.33. The Morgan fingerprint density at radius 3 is 2.87 bits per heavy atom. The van der Waals surface area contributed by atoms with Gasteiger partial charge in [-0.05, 0) is 64.6 Å². The zero-order valence-electron chi connectivity index (χ0n) is 16.9. The maximum Gasteiger partial charge on any atom is 0.261 e. The largest absolute Gasteiger partial charge is 0.351 e. The van der Waals surface area contributed by atoms with E-state index in [4.69, 9.17) is 5.73 Å². The first kappa shape index (κ1) is 21.5. The first-order chi connectivity index (χ1) is 14.1. The normalized spacial score (nSPS) is 20.5. The molecule has 4 N–H and O–H groups in total. The van der Waals surface area contributed by atoms with E-state index in [1.807, 2.05) is 22.6 Å². The molecule has 0 spiro atoms. The number of carbonyl (C=O) groups excluding carboxylic acids is 2. The summed E-state index contributed by atoms with van der Waals surface area (Å²) in [4.78, 5) is 28.5. The Morgan fingerprint density at radius 1 is 1.43 bits per heavy atom. The van der Waals surface area contributed by atoms with Crippen LogP contribution in [0.15, 0.2) is 18.2 Å². The van der Waals surface area contributed by atoms with Gasteiger partial charge in [-0.3, -0.25) is 9.59 Å². The van der Waals surface area contributed by atoms with Gasteiger partial charge in [0.25, 0.3) is 11.8 Å². The number of amides is 2. The summed E-state index contributed by atoms with van der Waals surface area (Å²) in [6, 6.07) is 4.82. The summed E-state index contributed by atoms with van der Waals surface area (Å²) in [6.07, 6.45) is 1.33. The predicted molar refractivity (Wildman–Crippen MR) is 125 cm³/mol. The molecule has 30 heavy (non-hydrogen) atoms. The van der Waals surface area contributed by atoms with Crippen LogP contribution < -0.4 is 16.4 Å². The van der Waals surface area contributed by atoms with Gasteiger partial charge in [0.2, 0.25) is 0 Å². The van der Waals surface area contributed by atoms with Crippen LogP contribution in [-0.4, -0.2) is 42.4 Å². The molecule has 0 bridgehead atoms. The highest BCUT2D eigenvalue weighted by atomic mass is 127. The summed E-state index contributed by atoms with van der Waals surface area (Å²) in [6.45, 7) is 5.72. The fourth-order valence-electron chi connectivity index (χ4n) is 3.92. The van der Waals surface area contributed by atoms with Crippen molar-refractivity contribution in [3.8, 4) is 0 Å². The van der Waals surface area contributed by atoms with Gasteiger partial charge in [0.05, 0.1) is 16.1 Å². The summed E-state index contributed by atoms with van der Waals surface area (Å²) in [5.41, 5.74) is 7.29. The van der Waals surface area contributed by atoms with Gasteiger partial charge in [0.15, 0.2) is 0 Å². The number of nitrogens with two attached hydrogens (primary N) is 1. The Hall–Kier alpha value is -1.72. The van der Waals surface area contributed by atoms with Crippen LogP contribution in [0.1, 0.15) is 45.9 Å². The molecule has 1 fully saturated rings. The lowest BCUT2D eigenvalue weighted by Gasteiger charge is -2.24. The van der Waals surface area contributed by atoms with Crippen molar-refractivity contribution in [1.29, 1.82) is 0 Å². The fraction of sp³-hybridized carbons (Fsp3) is 0.429. The molecule has 1 atom stereocenters. The molecule has 2 amide bonds. The second-order valence-electron chi connectivity index (χ2n) is 8.69. The van der Waals surface area contributed by atoms with Gasteiger partial charge >= 0.3 is 0 Å². The summed E-state index contributed by atoms with van der Waals surface area (Å²) in [7, 11) is 0. The Balaban J connectivity index is 1.82. The van der Waals surface area contributed by atoms with Crippen LogP contribution in [0.25, 0.3) is 0 Å². The van der Waals surface area contributed by atoms with Crippen LogP contribution in [0.4, 0.5) is 15.1 Å². The van der Waals surface area contributed by atoms with Crippen molar-refractivity contribution in [2.24, 2.45) is 11.1 Å². The number of hydrogen-bond acceptors (Lipinski definition) is 5. The fourth-order valence-corrected chi connectivity index (χ4v) is 5.51. The van der Waals surface area contributed by atoms with Crippen LogP contribution in [0, 0.1) is 14.8 Å². The molecular formula is C21H24FIN4O2S. The van der Waals surface area contributed by atoms with Crippen molar-refractivity contribution in [2.45, 2.75) is 32.7 Å². The average Bonchev–Trinajstić information content (AvgIpc) is 3.22. The number of benzene rings is 1. The van der Waals surface area contributed by atoms with Gasteiger partial charge in [-0.1, -0.05) is 13.8 Å². The van der Waals surface area contributed by atoms with Crippen molar-refractivity contribution in [3.63, 3.8) is 0 Å². The van der Waals surface area contributed by atoms with Gasteiger partial charge in [0, 0.05) is 29.2 Å². The van der Waals surface area contributed by atoms with E-state index in [9.17, 15) is 14.0 Å². The molecule has 0 unspecified atom stereocenters. The van der Waals surface area contributed by atoms with E-state index in [0.29, 0.717) is 41.5 Å². The van der Waals surface area contributed by atoms with Crippen LogP contribution in [0.3, 0.4) is 0 Å². The third kappa shape index (κ3) is 4.19. The Kier molecular flexibility index (Phi) is 5.80. The molecule has 0 saturated carbocycles. The molecule has 2 aliphatic heterocycles. The standard InChI is InChI=1S/C21H24FIN4O2S/c1-21(2)8-13-16(20(29)27-6-5-12(24)9-27)19(30-17(13)18(28)25-10-21)26-15-4-3-11(23)7-14(15)22/h3-4,7,12,26H,5-6,8-10,24H2,1-2H3,(H,25,28)/t12-/m1/s1. The van der Waals surface area contributed by atoms with E-state index < -0.39 is 5.82 Å². The monoisotopic (exact) mass is 542 g/mol. The van der Waals surface area contributed by atoms with Crippen molar-refractivity contribution in [1.82, 2.24) is 10.2 Å².